The highest BCUT2D eigenvalue weighted by Crippen LogP contribution is 2.09. The summed E-state index contributed by atoms with van der Waals surface area (Å²) >= 11 is 3.17. The third-order valence-electron chi connectivity index (χ3n) is 2.15. The van der Waals surface area contributed by atoms with Crippen LogP contribution in [-0.2, 0) is 4.79 Å². The first-order valence-electron chi connectivity index (χ1n) is 4.35. The van der Waals surface area contributed by atoms with E-state index in [9.17, 15) is 4.79 Å². The van der Waals surface area contributed by atoms with E-state index in [1.165, 1.54) is 0 Å². The average Bonchev–Trinajstić information content (AvgIpc) is 2.52. The van der Waals surface area contributed by atoms with Gasteiger partial charge in [-0.25, -0.2) is 0 Å². The Morgan fingerprint density at radius 3 is 3.08 bits per heavy atom. The lowest BCUT2D eigenvalue weighted by Gasteiger charge is -2.15. The van der Waals surface area contributed by atoms with E-state index in [1.54, 1.807) is 0 Å². The van der Waals surface area contributed by atoms with Crippen molar-refractivity contribution in [2.75, 3.05) is 25.0 Å². The summed E-state index contributed by atoms with van der Waals surface area (Å²) in [7, 11) is 0. The summed E-state index contributed by atoms with van der Waals surface area (Å²) in [5.74, 6) is 0.204. The minimum atomic E-state index is 0.204. The number of carbonyl (C=O) groups excluding carboxylic acids is 1. The van der Waals surface area contributed by atoms with Crippen LogP contribution in [-0.4, -0.2) is 41.8 Å². The summed E-state index contributed by atoms with van der Waals surface area (Å²) < 4.78 is 0. The number of nitrogens with zero attached hydrogens (tertiary/aromatic N) is 1. The molecule has 1 heterocycles. The zero-order chi connectivity index (χ0) is 8.97. The lowest BCUT2D eigenvalue weighted by molar-refractivity contribution is -0.127. The minimum Gasteiger partial charge on any atom is -0.340 e. The summed E-state index contributed by atoms with van der Waals surface area (Å²) in [6.07, 6.45) is 1.09. The van der Waals surface area contributed by atoms with Crippen molar-refractivity contribution in [2.45, 2.75) is 19.4 Å². The predicted octanol–water partition coefficient (Wildman–Crippen LogP) is 0.592. The number of likely N-dealkylation sites (tertiary alicyclic amines) is 1. The summed E-state index contributed by atoms with van der Waals surface area (Å²) in [6, 6.07) is 0.512. The lowest BCUT2D eigenvalue weighted by atomic mass is 10.3. The third kappa shape index (κ3) is 2.45. The van der Waals surface area contributed by atoms with Crippen LogP contribution in [0.25, 0.3) is 0 Å². The van der Waals surface area contributed by atoms with E-state index < -0.39 is 0 Å². The Labute approximate surface area is 81.6 Å². The van der Waals surface area contributed by atoms with E-state index in [4.69, 9.17) is 0 Å². The zero-order valence-corrected chi connectivity index (χ0v) is 8.93. The maximum atomic E-state index is 11.2. The van der Waals surface area contributed by atoms with E-state index in [2.05, 4.69) is 28.2 Å². The normalized spacial score (nSPS) is 23.2. The molecule has 1 atom stereocenters. The quantitative estimate of drug-likeness (QED) is 0.726. The zero-order valence-electron chi connectivity index (χ0n) is 7.35. The van der Waals surface area contributed by atoms with Gasteiger partial charge in [-0.05, 0) is 13.0 Å². The van der Waals surface area contributed by atoms with Crippen LogP contribution in [0, 0.1) is 0 Å². The number of hydrogen-bond acceptors (Lipinski definition) is 2. The molecule has 1 saturated heterocycles. The molecule has 1 aliphatic heterocycles. The number of amides is 1. The van der Waals surface area contributed by atoms with Crippen LogP contribution >= 0.6 is 15.9 Å². The fraction of sp³-hybridized carbons (Fsp3) is 0.875. The van der Waals surface area contributed by atoms with Gasteiger partial charge in [-0.1, -0.05) is 22.9 Å². The molecule has 0 bridgehead atoms. The molecular weight excluding hydrogens is 220 g/mol. The number of halogens is 1. The lowest BCUT2D eigenvalue weighted by Crippen LogP contribution is -2.35. The Balaban J connectivity index is 2.30. The van der Waals surface area contributed by atoms with E-state index in [0.29, 0.717) is 11.4 Å². The molecular formula is C8H15BrN2O. The first-order valence-corrected chi connectivity index (χ1v) is 5.47. The summed E-state index contributed by atoms with van der Waals surface area (Å²) in [6.45, 7) is 4.86. The van der Waals surface area contributed by atoms with Gasteiger partial charge in [-0.3, -0.25) is 4.79 Å². The number of likely N-dealkylation sites (N-methyl/N-ethyl adjacent to an activating group) is 1. The molecule has 0 saturated carbocycles. The molecule has 0 radical (unpaired) electrons. The number of hydrogen-bond donors (Lipinski definition) is 1. The molecule has 3 nitrogen and oxygen atoms in total. The van der Waals surface area contributed by atoms with Gasteiger partial charge in [-0.2, -0.15) is 0 Å². The molecule has 1 aliphatic rings. The van der Waals surface area contributed by atoms with Crippen molar-refractivity contribution in [1.29, 1.82) is 0 Å². The van der Waals surface area contributed by atoms with Crippen molar-refractivity contribution >= 4 is 21.8 Å². The number of nitrogens with one attached hydrogen (secondary N) is 1. The Morgan fingerprint density at radius 2 is 2.50 bits per heavy atom. The molecule has 1 fully saturated rings. The monoisotopic (exact) mass is 234 g/mol. The number of carbonyl (C=O) groups is 1. The number of alkyl halides is 1. The molecule has 0 spiro atoms. The van der Waals surface area contributed by atoms with Gasteiger partial charge >= 0.3 is 0 Å². The second-order valence-corrected chi connectivity index (χ2v) is 3.58. The second-order valence-electron chi connectivity index (χ2n) is 3.02. The van der Waals surface area contributed by atoms with Crippen LogP contribution in [0.5, 0.6) is 0 Å². The molecule has 0 aromatic rings. The molecule has 0 aromatic heterocycles. The smallest absolute Gasteiger partial charge is 0.233 e. The van der Waals surface area contributed by atoms with Gasteiger partial charge in [-0.15, -0.1) is 0 Å². The molecule has 0 aromatic carbocycles. The minimum absolute atomic E-state index is 0.204. The number of rotatable bonds is 3. The summed E-state index contributed by atoms with van der Waals surface area (Å²) in [5.41, 5.74) is 0. The third-order valence-corrected chi connectivity index (χ3v) is 2.63. The highest BCUT2D eigenvalue weighted by molar-refractivity contribution is 9.09. The van der Waals surface area contributed by atoms with Crippen molar-refractivity contribution in [1.82, 2.24) is 10.2 Å². The van der Waals surface area contributed by atoms with Crippen LogP contribution in [0.2, 0.25) is 0 Å². The Kier molecular flexibility index (Phi) is 4.01. The summed E-state index contributed by atoms with van der Waals surface area (Å²) in [4.78, 5) is 13.1. The maximum absolute atomic E-state index is 11.2. The summed E-state index contributed by atoms with van der Waals surface area (Å²) in [5, 5.41) is 3.79. The predicted molar refractivity (Wildman–Crippen MR) is 52.5 cm³/mol. The van der Waals surface area contributed by atoms with E-state index in [0.717, 1.165) is 26.1 Å². The van der Waals surface area contributed by atoms with Crippen molar-refractivity contribution in [3.05, 3.63) is 0 Å². The topological polar surface area (TPSA) is 32.3 Å². The highest BCUT2D eigenvalue weighted by atomic mass is 79.9. The van der Waals surface area contributed by atoms with E-state index in [-0.39, 0.29) is 5.91 Å². The standard InChI is InChI=1S/C8H15BrN2O/c1-2-10-7-3-4-11(6-7)8(12)5-9/h7,10H,2-6H2,1H3. The Hall–Kier alpha value is -0.0900. The SMILES string of the molecule is CCNC1CCN(C(=O)CBr)C1. The van der Waals surface area contributed by atoms with Crippen molar-refractivity contribution in [3.63, 3.8) is 0 Å². The Morgan fingerprint density at radius 1 is 1.75 bits per heavy atom. The molecule has 12 heavy (non-hydrogen) atoms. The average molecular weight is 235 g/mol. The molecule has 0 aliphatic carbocycles. The van der Waals surface area contributed by atoms with E-state index >= 15 is 0 Å². The van der Waals surface area contributed by atoms with Crippen LogP contribution in [0.1, 0.15) is 13.3 Å². The van der Waals surface area contributed by atoms with Crippen molar-refractivity contribution in [2.24, 2.45) is 0 Å². The van der Waals surface area contributed by atoms with Gasteiger partial charge in [0.15, 0.2) is 0 Å². The van der Waals surface area contributed by atoms with Gasteiger partial charge < -0.3 is 10.2 Å². The molecule has 1 unspecified atom stereocenters. The maximum Gasteiger partial charge on any atom is 0.233 e. The highest BCUT2D eigenvalue weighted by Gasteiger charge is 2.24. The first-order chi connectivity index (χ1) is 5.77. The molecule has 70 valence electrons. The second kappa shape index (κ2) is 4.82. The van der Waals surface area contributed by atoms with Crippen LogP contribution in [0.4, 0.5) is 0 Å². The molecule has 1 N–H and O–H groups in total. The van der Waals surface area contributed by atoms with Gasteiger partial charge in [0.1, 0.15) is 0 Å². The fourth-order valence-electron chi connectivity index (χ4n) is 1.53. The van der Waals surface area contributed by atoms with Gasteiger partial charge in [0.25, 0.3) is 0 Å². The first kappa shape index (κ1) is 9.99. The van der Waals surface area contributed by atoms with Gasteiger partial charge in [0.2, 0.25) is 5.91 Å². The molecule has 4 heteroatoms. The van der Waals surface area contributed by atoms with Gasteiger partial charge in [0.05, 0.1) is 5.33 Å². The van der Waals surface area contributed by atoms with Gasteiger partial charge in [0, 0.05) is 19.1 Å². The molecule has 1 amide bonds. The van der Waals surface area contributed by atoms with Crippen LogP contribution < -0.4 is 5.32 Å². The van der Waals surface area contributed by atoms with Crippen LogP contribution in [0.3, 0.4) is 0 Å². The van der Waals surface area contributed by atoms with Crippen molar-refractivity contribution < 1.29 is 4.79 Å². The van der Waals surface area contributed by atoms with E-state index in [1.807, 2.05) is 4.90 Å². The van der Waals surface area contributed by atoms with Crippen LogP contribution in [0.15, 0.2) is 0 Å². The fourth-order valence-corrected chi connectivity index (χ4v) is 1.88. The largest absolute Gasteiger partial charge is 0.340 e. The Bertz CT molecular complexity index is 163. The van der Waals surface area contributed by atoms with Crippen molar-refractivity contribution in [3.8, 4) is 0 Å². The molecule has 1 rings (SSSR count).